The van der Waals surface area contributed by atoms with Gasteiger partial charge < -0.3 is 15.2 Å². The topological polar surface area (TPSA) is 75.6 Å². The van der Waals surface area contributed by atoms with Crippen molar-refractivity contribution in [3.05, 3.63) is 29.8 Å². The first kappa shape index (κ1) is 16.4. The van der Waals surface area contributed by atoms with Crippen LogP contribution in [0.15, 0.2) is 24.3 Å². The Bertz CT molecular complexity index is 464. The largest absolute Gasteiger partial charge is 0.482 e. The summed E-state index contributed by atoms with van der Waals surface area (Å²) in [5, 5.41) is 11.5. The molecule has 0 radical (unpaired) electrons. The SMILES string of the molecule is CCC(CSC)NC(=O)c1cccc(OCC(=O)O)c1. The van der Waals surface area contributed by atoms with Crippen molar-refractivity contribution < 1.29 is 19.4 Å². The highest BCUT2D eigenvalue weighted by Crippen LogP contribution is 2.14. The Morgan fingerprint density at radius 3 is 2.80 bits per heavy atom. The minimum atomic E-state index is -1.05. The minimum absolute atomic E-state index is 0.126. The molecule has 1 atom stereocenters. The van der Waals surface area contributed by atoms with Crippen molar-refractivity contribution in [1.82, 2.24) is 5.32 Å². The van der Waals surface area contributed by atoms with Gasteiger partial charge in [0.1, 0.15) is 5.75 Å². The summed E-state index contributed by atoms with van der Waals surface area (Å²) in [6.07, 6.45) is 2.86. The van der Waals surface area contributed by atoms with E-state index in [0.29, 0.717) is 11.3 Å². The molecule has 1 unspecified atom stereocenters. The summed E-state index contributed by atoms with van der Waals surface area (Å²) >= 11 is 1.68. The second-order valence-electron chi connectivity index (χ2n) is 4.24. The zero-order valence-corrected chi connectivity index (χ0v) is 12.4. The molecule has 1 aromatic rings. The zero-order chi connectivity index (χ0) is 15.0. The minimum Gasteiger partial charge on any atom is -0.482 e. The van der Waals surface area contributed by atoms with E-state index in [4.69, 9.17) is 9.84 Å². The van der Waals surface area contributed by atoms with Gasteiger partial charge in [-0.05, 0) is 30.9 Å². The van der Waals surface area contributed by atoms with Crippen molar-refractivity contribution in [3.63, 3.8) is 0 Å². The van der Waals surface area contributed by atoms with E-state index in [2.05, 4.69) is 5.32 Å². The molecule has 1 rings (SSSR count). The van der Waals surface area contributed by atoms with Gasteiger partial charge in [-0.25, -0.2) is 4.79 Å². The maximum absolute atomic E-state index is 12.1. The lowest BCUT2D eigenvalue weighted by molar-refractivity contribution is -0.139. The third-order valence-corrected chi connectivity index (χ3v) is 3.39. The molecule has 0 aromatic heterocycles. The highest BCUT2D eigenvalue weighted by molar-refractivity contribution is 7.98. The van der Waals surface area contributed by atoms with E-state index in [-0.39, 0.29) is 11.9 Å². The molecular weight excluding hydrogens is 278 g/mol. The lowest BCUT2D eigenvalue weighted by Crippen LogP contribution is -2.36. The molecule has 110 valence electrons. The first-order chi connectivity index (χ1) is 9.56. The number of carboxylic acid groups (broad SMARTS) is 1. The average molecular weight is 297 g/mol. The molecule has 1 amide bonds. The third-order valence-electron chi connectivity index (χ3n) is 2.65. The van der Waals surface area contributed by atoms with E-state index >= 15 is 0 Å². The number of thioether (sulfide) groups is 1. The van der Waals surface area contributed by atoms with Crippen molar-refractivity contribution in [2.45, 2.75) is 19.4 Å². The highest BCUT2D eigenvalue weighted by atomic mass is 32.2. The molecule has 6 heteroatoms. The second-order valence-corrected chi connectivity index (χ2v) is 5.15. The van der Waals surface area contributed by atoms with E-state index in [1.165, 1.54) is 0 Å². The summed E-state index contributed by atoms with van der Waals surface area (Å²) < 4.78 is 5.05. The summed E-state index contributed by atoms with van der Waals surface area (Å²) in [6, 6.07) is 6.64. The van der Waals surface area contributed by atoms with Gasteiger partial charge in [0, 0.05) is 17.4 Å². The van der Waals surface area contributed by atoms with Gasteiger partial charge in [-0.3, -0.25) is 4.79 Å². The van der Waals surface area contributed by atoms with Gasteiger partial charge in [-0.15, -0.1) is 0 Å². The molecule has 0 saturated heterocycles. The molecule has 0 aliphatic heterocycles. The van der Waals surface area contributed by atoms with Crippen molar-refractivity contribution >= 4 is 23.6 Å². The van der Waals surface area contributed by atoms with Gasteiger partial charge in [-0.2, -0.15) is 11.8 Å². The molecule has 2 N–H and O–H groups in total. The average Bonchev–Trinajstić information content (AvgIpc) is 2.44. The van der Waals surface area contributed by atoms with Crippen molar-refractivity contribution in [2.24, 2.45) is 0 Å². The molecule has 1 aromatic carbocycles. The van der Waals surface area contributed by atoms with Crippen molar-refractivity contribution in [1.29, 1.82) is 0 Å². The Morgan fingerprint density at radius 1 is 1.45 bits per heavy atom. The zero-order valence-electron chi connectivity index (χ0n) is 11.6. The fraction of sp³-hybridized carbons (Fsp3) is 0.429. The first-order valence-electron chi connectivity index (χ1n) is 6.31. The number of benzene rings is 1. The van der Waals surface area contributed by atoms with E-state index < -0.39 is 12.6 Å². The van der Waals surface area contributed by atoms with Crippen LogP contribution in [0.5, 0.6) is 5.75 Å². The molecule has 0 spiro atoms. The molecule has 0 fully saturated rings. The maximum Gasteiger partial charge on any atom is 0.341 e. The fourth-order valence-electron chi connectivity index (χ4n) is 1.60. The summed E-state index contributed by atoms with van der Waals surface area (Å²) in [7, 11) is 0. The Labute approximate surface area is 122 Å². The molecule has 0 saturated carbocycles. The van der Waals surface area contributed by atoms with Crippen molar-refractivity contribution in [3.8, 4) is 5.75 Å². The van der Waals surface area contributed by atoms with Gasteiger partial charge in [0.05, 0.1) is 0 Å². The Hall–Kier alpha value is -1.69. The van der Waals surface area contributed by atoms with Gasteiger partial charge in [0.25, 0.3) is 5.91 Å². The van der Waals surface area contributed by atoms with Crippen LogP contribution in [0.1, 0.15) is 23.7 Å². The summed E-state index contributed by atoms with van der Waals surface area (Å²) in [4.78, 5) is 22.5. The number of rotatable bonds is 8. The lowest BCUT2D eigenvalue weighted by Gasteiger charge is -2.16. The number of nitrogens with one attached hydrogen (secondary N) is 1. The van der Waals surface area contributed by atoms with Crippen LogP contribution in [0.3, 0.4) is 0 Å². The normalized spacial score (nSPS) is 11.7. The summed E-state index contributed by atoms with van der Waals surface area (Å²) in [6.45, 7) is 1.60. The van der Waals surface area contributed by atoms with Gasteiger partial charge in [0.15, 0.2) is 6.61 Å². The molecule has 0 heterocycles. The number of carboxylic acids is 1. The van der Waals surface area contributed by atoms with Crippen molar-refractivity contribution in [2.75, 3.05) is 18.6 Å². The summed E-state index contributed by atoms with van der Waals surface area (Å²) in [5.41, 5.74) is 0.465. The first-order valence-corrected chi connectivity index (χ1v) is 7.70. The Balaban J connectivity index is 2.67. The van der Waals surface area contributed by atoms with Crippen LogP contribution in [0.2, 0.25) is 0 Å². The predicted molar refractivity (Wildman–Crippen MR) is 79.5 cm³/mol. The molecule has 20 heavy (non-hydrogen) atoms. The molecule has 0 aliphatic carbocycles. The lowest BCUT2D eigenvalue weighted by atomic mass is 10.1. The predicted octanol–water partition coefficient (Wildman–Crippen LogP) is 2.02. The second kappa shape index (κ2) is 8.47. The van der Waals surface area contributed by atoms with E-state index in [0.717, 1.165) is 12.2 Å². The molecule has 5 nitrogen and oxygen atoms in total. The number of hydrogen-bond donors (Lipinski definition) is 2. The molecule has 0 aliphatic rings. The van der Waals surface area contributed by atoms with Crippen LogP contribution in [-0.4, -0.2) is 41.6 Å². The third kappa shape index (κ3) is 5.52. The van der Waals surface area contributed by atoms with Gasteiger partial charge in [0.2, 0.25) is 0 Å². The van der Waals surface area contributed by atoms with Crippen LogP contribution < -0.4 is 10.1 Å². The van der Waals surface area contributed by atoms with E-state index in [1.807, 2.05) is 13.2 Å². The number of carbonyl (C=O) groups is 2. The van der Waals surface area contributed by atoms with Crippen LogP contribution in [0, 0.1) is 0 Å². The van der Waals surface area contributed by atoms with Crippen LogP contribution in [-0.2, 0) is 4.79 Å². The number of amides is 1. The number of aliphatic carboxylic acids is 1. The van der Waals surface area contributed by atoms with E-state index in [1.54, 1.807) is 36.0 Å². The highest BCUT2D eigenvalue weighted by Gasteiger charge is 2.12. The van der Waals surface area contributed by atoms with E-state index in [9.17, 15) is 9.59 Å². The monoisotopic (exact) mass is 297 g/mol. The van der Waals surface area contributed by atoms with Crippen LogP contribution in [0.25, 0.3) is 0 Å². The number of hydrogen-bond acceptors (Lipinski definition) is 4. The quantitative estimate of drug-likeness (QED) is 0.768. The molecule has 0 bridgehead atoms. The standard InChI is InChI=1S/C14H19NO4S/c1-3-11(9-20-2)15-14(18)10-5-4-6-12(7-10)19-8-13(16)17/h4-7,11H,3,8-9H2,1-2H3,(H,15,18)(H,16,17). The van der Waals surface area contributed by atoms with Crippen LogP contribution in [0.4, 0.5) is 0 Å². The smallest absolute Gasteiger partial charge is 0.341 e. The summed E-state index contributed by atoms with van der Waals surface area (Å²) in [5.74, 6) is 0.00720. The Kier molecular flexibility index (Phi) is 6.93. The van der Waals surface area contributed by atoms with Crippen LogP contribution >= 0.6 is 11.8 Å². The van der Waals surface area contributed by atoms with Gasteiger partial charge in [-0.1, -0.05) is 13.0 Å². The maximum atomic E-state index is 12.1. The number of ether oxygens (including phenoxy) is 1. The Morgan fingerprint density at radius 2 is 2.20 bits per heavy atom. The molecular formula is C14H19NO4S. The fourth-order valence-corrected chi connectivity index (χ4v) is 2.33. The van der Waals surface area contributed by atoms with Gasteiger partial charge >= 0.3 is 5.97 Å². The number of carbonyl (C=O) groups excluding carboxylic acids is 1.